The van der Waals surface area contributed by atoms with Crippen molar-refractivity contribution in [1.82, 2.24) is 0 Å². The van der Waals surface area contributed by atoms with E-state index in [-0.39, 0.29) is 41.4 Å². The van der Waals surface area contributed by atoms with Crippen molar-refractivity contribution in [2.24, 2.45) is 21.5 Å². The fourth-order valence-electron chi connectivity index (χ4n) is 3.50. The van der Waals surface area contributed by atoms with Gasteiger partial charge in [-0.15, -0.1) is 0 Å². The summed E-state index contributed by atoms with van der Waals surface area (Å²) in [6.07, 6.45) is 1.47. The van der Waals surface area contributed by atoms with Crippen LogP contribution in [0.5, 0.6) is 11.5 Å². The number of ether oxygens (including phenoxy) is 4. The normalized spacial score (nSPS) is 20.4. The maximum Gasteiger partial charge on any atom is 0.282 e. The fourth-order valence-corrected chi connectivity index (χ4v) is 3.94. The summed E-state index contributed by atoms with van der Waals surface area (Å²) in [5, 5.41) is 0.0474. The molecule has 0 bridgehead atoms. The second kappa shape index (κ2) is 12.8. The Morgan fingerprint density at radius 3 is 1.89 bits per heavy atom. The summed E-state index contributed by atoms with van der Waals surface area (Å²) in [4.78, 5) is 8.28. The molecule has 0 saturated carbocycles. The van der Waals surface area contributed by atoms with Crippen LogP contribution in [-0.2, 0) is 9.47 Å². The van der Waals surface area contributed by atoms with Gasteiger partial charge in [0.05, 0.1) is 29.3 Å². The van der Waals surface area contributed by atoms with Crippen LogP contribution in [0, 0.1) is 5.82 Å². The Balaban J connectivity index is 0.000000196. The molecule has 8 nitrogen and oxygen atoms in total. The van der Waals surface area contributed by atoms with Crippen molar-refractivity contribution in [2.45, 2.75) is 51.0 Å². The molecule has 4 N–H and O–H groups in total. The van der Waals surface area contributed by atoms with Crippen LogP contribution in [0.3, 0.4) is 0 Å². The van der Waals surface area contributed by atoms with Gasteiger partial charge >= 0.3 is 0 Å². The molecule has 0 radical (unpaired) electrons. The molecule has 0 aromatic heterocycles. The van der Waals surface area contributed by atoms with Gasteiger partial charge < -0.3 is 30.4 Å². The van der Waals surface area contributed by atoms with E-state index in [2.05, 4.69) is 25.9 Å². The number of amidine groups is 2. The second-order valence-electron chi connectivity index (χ2n) is 8.22. The van der Waals surface area contributed by atoms with Crippen LogP contribution >= 0.6 is 27.5 Å². The van der Waals surface area contributed by atoms with E-state index in [0.29, 0.717) is 25.4 Å². The van der Waals surface area contributed by atoms with Crippen molar-refractivity contribution in [3.8, 4) is 11.5 Å². The molecule has 0 unspecified atom stereocenters. The molecule has 11 heteroatoms. The Bertz CT molecular complexity index is 1040. The monoisotopic (exact) mass is 570 g/mol. The minimum atomic E-state index is -0.460. The van der Waals surface area contributed by atoms with Gasteiger partial charge in [0.1, 0.15) is 30.5 Å². The molecule has 2 aliphatic heterocycles. The third-order valence-electron chi connectivity index (χ3n) is 5.05. The minimum absolute atomic E-state index is 0.0101. The van der Waals surface area contributed by atoms with Gasteiger partial charge in [0.15, 0.2) is 0 Å². The molecule has 0 amide bonds. The van der Waals surface area contributed by atoms with Crippen LogP contribution in [-0.4, -0.2) is 49.5 Å². The molecular formula is C24H29BrClFN4O4. The standard InChI is InChI=1S/C12H15BrN2O2.C12H14ClFN2O2/c1-8(6-10-7-16-12(14)15-10)17-11-4-2-9(13)3-5-11;1-7(4-8-6-17-12(15)16-8)18-9-2-3-11(14)10(13)5-9/h2-5,8,10H,6-7H2,1H3,(H2,14,15);2-3,5,7-8H,4,6H2,1H3,(H2,15,16)/t8-,10-;7-,8-/m00/s1. The first-order valence-electron chi connectivity index (χ1n) is 11.1. The van der Waals surface area contributed by atoms with Crippen LogP contribution in [0.1, 0.15) is 26.7 Å². The average Bonchev–Trinajstić information content (AvgIpc) is 3.40. The van der Waals surface area contributed by atoms with Gasteiger partial charge in [-0.25, -0.2) is 14.4 Å². The van der Waals surface area contributed by atoms with E-state index in [1.54, 1.807) is 6.07 Å². The number of benzene rings is 2. The highest BCUT2D eigenvalue weighted by Crippen LogP contribution is 2.23. The van der Waals surface area contributed by atoms with E-state index in [0.717, 1.165) is 16.6 Å². The molecule has 0 saturated heterocycles. The van der Waals surface area contributed by atoms with Crippen LogP contribution in [0.15, 0.2) is 56.9 Å². The lowest BCUT2D eigenvalue weighted by Gasteiger charge is -2.16. The molecule has 2 aliphatic rings. The molecule has 2 aromatic rings. The molecule has 0 aliphatic carbocycles. The van der Waals surface area contributed by atoms with Crippen LogP contribution in [0.2, 0.25) is 5.02 Å². The summed E-state index contributed by atoms with van der Waals surface area (Å²) in [6, 6.07) is 12.7. The van der Waals surface area contributed by atoms with E-state index in [4.69, 9.17) is 42.0 Å². The van der Waals surface area contributed by atoms with Crippen molar-refractivity contribution in [2.75, 3.05) is 13.2 Å². The lowest BCUT2D eigenvalue weighted by atomic mass is 10.1. The van der Waals surface area contributed by atoms with Crippen molar-refractivity contribution in [3.05, 3.63) is 57.8 Å². The molecule has 0 spiro atoms. The zero-order valence-electron chi connectivity index (χ0n) is 19.5. The van der Waals surface area contributed by atoms with E-state index >= 15 is 0 Å². The van der Waals surface area contributed by atoms with Gasteiger partial charge in [0, 0.05) is 23.4 Å². The molecule has 4 rings (SSSR count). The molecule has 2 aromatic carbocycles. The predicted octanol–water partition coefficient (Wildman–Crippen LogP) is 4.67. The third kappa shape index (κ3) is 9.10. The molecule has 2 heterocycles. The minimum Gasteiger partial charge on any atom is -0.491 e. The lowest BCUT2D eigenvalue weighted by Crippen LogP contribution is -2.20. The number of hydrogen-bond acceptors (Lipinski definition) is 8. The summed E-state index contributed by atoms with van der Waals surface area (Å²) < 4.78 is 35.6. The molecule has 4 atom stereocenters. The van der Waals surface area contributed by atoms with Crippen LogP contribution < -0.4 is 20.9 Å². The Morgan fingerprint density at radius 1 is 0.943 bits per heavy atom. The number of hydrogen-bond donors (Lipinski definition) is 2. The fraction of sp³-hybridized carbons (Fsp3) is 0.417. The third-order valence-corrected chi connectivity index (χ3v) is 5.87. The van der Waals surface area contributed by atoms with E-state index < -0.39 is 5.82 Å². The quantitative estimate of drug-likeness (QED) is 0.476. The number of nitrogens with zero attached hydrogens (tertiary/aromatic N) is 2. The summed E-state index contributed by atoms with van der Waals surface area (Å²) in [5.41, 5.74) is 10.9. The maximum atomic E-state index is 13.0. The van der Waals surface area contributed by atoms with Crippen molar-refractivity contribution in [1.29, 1.82) is 0 Å². The van der Waals surface area contributed by atoms with Crippen molar-refractivity contribution >= 4 is 39.6 Å². The highest BCUT2D eigenvalue weighted by atomic mass is 79.9. The van der Waals surface area contributed by atoms with Crippen LogP contribution in [0.25, 0.3) is 0 Å². The molecule has 0 fully saturated rings. The van der Waals surface area contributed by atoms with E-state index in [9.17, 15) is 4.39 Å². The van der Waals surface area contributed by atoms with Gasteiger partial charge in [-0.05, 0) is 50.2 Å². The van der Waals surface area contributed by atoms with Crippen molar-refractivity contribution in [3.63, 3.8) is 0 Å². The first kappa shape index (κ1) is 26.9. The van der Waals surface area contributed by atoms with Crippen molar-refractivity contribution < 1.29 is 23.3 Å². The summed E-state index contributed by atoms with van der Waals surface area (Å²) in [6.45, 7) is 4.96. The smallest absolute Gasteiger partial charge is 0.282 e. The largest absolute Gasteiger partial charge is 0.491 e. The lowest BCUT2D eigenvalue weighted by molar-refractivity contribution is 0.189. The average molecular weight is 572 g/mol. The Hall–Kier alpha value is -2.72. The van der Waals surface area contributed by atoms with Gasteiger partial charge in [-0.1, -0.05) is 27.5 Å². The SMILES string of the molecule is C[C@@H](C[C@H]1COC(N)=N1)Oc1ccc(Br)cc1.C[C@@H](C[C@H]1COC(N)=N1)Oc1ccc(F)c(Cl)c1. The van der Waals surface area contributed by atoms with Gasteiger partial charge in [-0.3, -0.25) is 0 Å². The Morgan fingerprint density at radius 2 is 1.43 bits per heavy atom. The zero-order chi connectivity index (χ0) is 25.4. The number of rotatable bonds is 8. The molecule has 35 heavy (non-hydrogen) atoms. The maximum absolute atomic E-state index is 13.0. The first-order valence-corrected chi connectivity index (χ1v) is 12.3. The molecule has 190 valence electrons. The molecular weight excluding hydrogens is 543 g/mol. The van der Waals surface area contributed by atoms with E-state index in [1.807, 2.05) is 38.1 Å². The highest BCUT2D eigenvalue weighted by Gasteiger charge is 2.21. The topological polar surface area (TPSA) is 114 Å². The summed E-state index contributed by atoms with van der Waals surface area (Å²) in [7, 11) is 0. The number of aliphatic imine (C=N–C) groups is 2. The number of nitrogens with two attached hydrogens (primary N) is 2. The Labute approximate surface area is 217 Å². The van der Waals surface area contributed by atoms with Gasteiger partial charge in [-0.2, -0.15) is 0 Å². The summed E-state index contributed by atoms with van der Waals surface area (Å²) >= 11 is 9.06. The predicted molar refractivity (Wildman–Crippen MR) is 138 cm³/mol. The number of halogens is 3. The zero-order valence-corrected chi connectivity index (χ0v) is 21.8. The van der Waals surface area contributed by atoms with Crippen LogP contribution in [0.4, 0.5) is 4.39 Å². The second-order valence-corrected chi connectivity index (χ2v) is 9.55. The highest BCUT2D eigenvalue weighted by molar-refractivity contribution is 9.10. The van der Waals surface area contributed by atoms with E-state index in [1.165, 1.54) is 12.1 Å². The van der Waals surface area contributed by atoms with Gasteiger partial charge in [0.2, 0.25) is 0 Å². The Kier molecular flexibility index (Phi) is 9.85. The van der Waals surface area contributed by atoms with Gasteiger partial charge in [0.25, 0.3) is 12.0 Å². The summed E-state index contributed by atoms with van der Waals surface area (Å²) in [5.74, 6) is 0.930. The first-order chi connectivity index (χ1) is 16.7.